The molecule has 0 aliphatic rings. The molecule has 0 radical (unpaired) electrons. The van der Waals surface area contributed by atoms with E-state index < -0.39 is 29.3 Å². The number of nitrogen functional groups attached to an aromatic ring is 1. The van der Waals surface area contributed by atoms with Crippen molar-refractivity contribution in [2.45, 2.75) is 12.1 Å². The Morgan fingerprint density at radius 2 is 1.61 bits per heavy atom. The normalized spacial score (nSPS) is 12.4. The van der Waals surface area contributed by atoms with Crippen molar-refractivity contribution in [1.82, 2.24) is 9.78 Å². The molecule has 0 aliphatic heterocycles. The molecule has 0 spiro atoms. The second kappa shape index (κ2) is 6.09. The Bertz CT molecular complexity index is 667. The van der Waals surface area contributed by atoms with Crippen molar-refractivity contribution in [3.63, 3.8) is 0 Å². The molecule has 1 heterocycles. The maximum Gasteiger partial charge on any atom is 0.425 e. The number of anilines is 1. The number of hydrogen-bond donors (Lipinski definition) is 1. The highest BCUT2D eigenvalue weighted by molar-refractivity contribution is 5.50. The SMILES string of the molecule is COc1nn(C(OC)(OC)c2ccccc2)c(N)c1C(F)(F)F. The lowest BCUT2D eigenvalue weighted by atomic mass is 10.1. The van der Waals surface area contributed by atoms with Gasteiger partial charge in [-0.3, -0.25) is 0 Å². The Morgan fingerprint density at radius 1 is 1.04 bits per heavy atom. The van der Waals surface area contributed by atoms with Crippen molar-refractivity contribution in [3.8, 4) is 5.88 Å². The lowest BCUT2D eigenvalue weighted by Crippen LogP contribution is -2.40. The zero-order chi connectivity index (χ0) is 17.3. The monoisotopic (exact) mass is 331 g/mol. The van der Waals surface area contributed by atoms with Gasteiger partial charge in [-0.1, -0.05) is 30.3 Å². The number of nitrogens with zero attached hydrogens (tertiary/aromatic N) is 2. The zero-order valence-electron chi connectivity index (χ0n) is 12.7. The third-order valence-corrected chi connectivity index (χ3v) is 3.34. The van der Waals surface area contributed by atoms with Crippen molar-refractivity contribution < 1.29 is 27.4 Å². The van der Waals surface area contributed by atoms with Crippen molar-refractivity contribution in [2.75, 3.05) is 27.1 Å². The molecule has 1 aromatic carbocycles. The van der Waals surface area contributed by atoms with E-state index in [2.05, 4.69) is 5.10 Å². The lowest BCUT2D eigenvalue weighted by Gasteiger charge is -2.31. The summed E-state index contributed by atoms with van der Waals surface area (Å²) >= 11 is 0. The molecule has 126 valence electrons. The molecule has 2 N–H and O–H groups in total. The standard InChI is InChI=1S/C14H16F3N3O3/c1-21-12-10(13(15,16)17)11(18)20(19-12)14(22-2,23-3)9-7-5-4-6-8-9/h4-8H,18H2,1-3H3. The van der Waals surface area contributed by atoms with Gasteiger partial charge in [0.25, 0.3) is 0 Å². The molecule has 0 bridgehead atoms. The second-order valence-corrected chi connectivity index (χ2v) is 4.54. The number of ether oxygens (including phenoxy) is 3. The topological polar surface area (TPSA) is 71.5 Å². The molecular formula is C14H16F3N3O3. The fourth-order valence-corrected chi connectivity index (χ4v) is 2.31. The fourth-order valence-electron chi connectivity index (χ4n) is 2.31. The van der Waals surface area contributed by atoms with E-state index in [0.717, 1.165) is 11.8 Å². The minimum Gasteiger partial charge on any atom is -0.479 e. The van der Waals surface area contributed by atoms with E-state index in [1.807, 2.05) is 0 Å². The van der Waals surface area contributed by atoms with E-state index in [1.54, 1.807) is 30.3 Å². The molecule has 0 unspecified atom stereocenters. The van der Waals surface area contributed by atoms with Gasteiger partial charge in [0.2, 0.25) is 5.88 Å². The summed E-state index contributed by atoms with van der Waals surface area (Å²) in [5, 5.41) is 3.78. The first-order valence-electron chi connectivity index (χ1n) is 6.47. The number of rotatable bonds is 5. The summed E-state index contributed by atoms with van der Waals surface area (Å²) in [4.78, 5) is 0. The van der Waals surface area contributed by atoms with Crippen molar-refractivity contribution in [3.05, 3.63) is 41.5 Å². The smallest absolute Gasteiger partial charge is 0.425 e. The number of hydrogen-bond acceptors (Lipinski definition) is 5. The van der Waals surface area contributed by atoms with Crippen molar-refractivity contribution in [2.24, 2.45) is 0 Å². The van der Waals surface area contributed by atoms with Gasteiger partial charge < -0.3 is 19.9 Å². The highest BCUT2D eigenvalue weighted by Gasteiger charge is 2.46. The van der Waals surface area contributed by atoms with Gasteiger partial charge >= 0.3 is 12.1 Å². The molecule has 9 heteroatoms. The van der Waals surface area contributed by atoms with Crippen LogP contribution in [0.2, 0.25) is 0 Å². The summed E-state index contributed by atoms with van der Waals surface area (Å²) in [6.07, 6.45) is -4.74. The Hall–Kier alpha value is -2.26. The average Bonchev–Trinajstić information content (AvgIpc) is 2.88. The molecule has 2 rings (SSSR count). The zero-order valence-corrected chi connectivity index (χ0v) is 12.7. The quantitative estimate of drug-likeness (QED) is 0.852. The first kappa shape index (κ1) is 17.1. The van der Waals surface area contributed by atoms with E-state index >= 15 is 0 Å². The molecule has 0 aliphatic carbocycles. The van der Waals surface area contributed by atoms with Crippen molar-refractivity contribution in [1.29, 1.82) is 0 Å². The Morgan fingerprint density at radius 3 is 2.00 bits per heavy atom. The molecule has 0 saturated heterocycles. The predicted molar refractivity (Wildman–Crippen MR) is 75.7 cm³/mol. The Labute approximate surface area is 130 Å². The van der Waals surface area contributed by atoms with Gasteiger partial charge in [0.1, 0.15) is 5.82 Å². The number of nitrogens with two attached hydrogens (primary N) is 1. The molecule has 2 aromatic rings. The van der Waals surface area contributed by atoms with Crippen LogP contribution >= 0.6 is 0 Å². The minimum atomic E-state index is -4.74. The van der Waals surface area contributed by atoms with Gasteiger partial charge in [0, 0.05) is 19.8 Å². The number of methoxy groups -OCH3 is 3. The summed E-state index contributed by atoms with van der Waals surface area (Å²) in [5.74, 6) is -3.10. The number of halogens is 3. The van der Waals surface area contributed by atoms with E-state index in [9.17, 15) is 13.2 Å². The third kappa shape index (κ3) is 2.73. The van der Waals surface area contributed by atoms with Crippen LogP contribution in [0.25, 0.3) is 0 Å². The van der Waals surface area contributed by atoms with Gasteiger partial charge in [-0.05, 0) is 0 Å². The van der Waals surface area contributed by atoms with Crippen LogP contribution in [0.5, 0.6) is 5.88 Å². The molecule has 0 fully saturated rings. The van der Waals surface area contributed by atoms with Crippen LogP contribution in [-0.4, -0.2) is 31.1 Å². The van der Waals surface area contributed by atoms with Crippen LogP contribution in [0.3, 0.4) is 0 Å². The summed E-state index contributed by atoms with van der Waals surface area (Å²) < 4.78 is 55.8. The lowest BCUT2D eigenvalue weighted by molar-refractivity contribution is -0.241. The fraction of sp³-hybridized carbons (Fsp3) is 0.357. The van der Waals surface area contributed by atoms with Crippen LogP contribution in [-0.2, 0) is 21.6 Å². The molecule has 6 nitrogen and oxygen atoms in total. The molecule has 0 amide bonds. The maximum absolute atomic E-state index is 13.2. The van der Waals surface area contributed by atoms with E-state index in [-0.39, 0.29) is 0 Å². The Balaban J connectivity index is 2.74. The number of alkyl halides is 3. The van der Waals surface area contributed by atoms with Crippen LogP contribution in [0.15, 0.2) is 30.3 Å². The molecule has 0 atom stereocenters. The van der Waals surface area contributed by atoms with E-state index in [4.69, 9.17) is 19.9 Å². The third-order valence-electron chi connectivity index (χ3n) is 3.34. The van der Waals surface area contributed by atoms with E-state index in [1.165, 1.54) is 14.2 Å². The van der Waals surface area contributed by atoms with Crippen LogP contribution in [0, 0.1) is 0 Å². The second-order valence-electron chi connectivity index (χ2n) is 4.54. The molecule has 0 saturated carbocycles. The van der Waals surface area contributed by atoms with Gasteiger partial charge in [-0.25, -0.2) is 0 Å². The van der Waals surface area contributed by atoms with Gasteiger partial charge in [-0.2, -0.15) is 17.9 Å². The average molecular weight is 331 g/mol. The van der Waals surface area contributed by atoms with Crippen LogP contribution in [0.4, 0.5) is 19.0 Å². The molecular weight excluding hydrogens is 315 g/mol. The highest BCUT2D eigenvalue weighted by Crippen LogP contribution is 2.43. The highest BCUT2D eigenvalue weighted by atomic mass is 19.4. The largest absolute Gasteiger partial charge is 0.479 e. The molecule has 1 aromatic heterocycles. The van der Waals surface area contributed by atoms with Crippen molar-refractivity contribution >= 4 is 5.82 Å². The summed E-state index contributed by atoms with van der Waals surface area (Å²) in [6, 6.07) is 8.35. The van der Waals surface area contributed by atoms with Crippen LogP contribution in [0.1, 0.15) is 11.1 Å². The number of benzene rings is 1. The van der Waals surface area contributed by atoms with Gasteiger partial charge in [0.15, 0.2) is 5.56 Å². The van der Waals surface area contributed by atoms with Gasteiger partial charge in [-0.15, -0.1) is 5.10 Å². The first-order valence-corrected chi connectivity index (χ1v) is 6.47. The molecule has 23 heavy (non-hydrogen) atoms. The first-order chi connectivity index (χ1) is 10.8. The predicted octanol–water partition coefficient (Wildman–Crippen LogP) is 2.44. The van der Waals surface area contributed by atoms with Gasteiger partial charge in [0.05, 0.1) is 7.11 Å². The Kier molecular flexibility index (Phi) is 4.53. The van der Waals surface area contributed by atoms with Crippen LogP contribution < -0.4 is 10.5 Å². The number of aromatic nitrogens is 2. The summed E-state index contributed by atoms with van der Waals surface area (Å²) in [5.41, 5.74) is 4.91. The maximum atomic E-state index is 13.2. The summed E-state index contributed by atoms with van der Waals surface area (Å²) in [7, 11) is 3.62. The minimum absolute atomic E-state index is 0.413. The summed E-state index contributed by atoms with van der Waals surface area (Å²) in [6.45, 7) is 0. The van der Waals surface area contributed by atoms with E-state index in [0.29, 0.717) is 5.56 Å².